The number of hydrogen-bond donors (Lipinski definition) is 1. The van der Waals surface area contributed by atoms with E-state index in [-0.39, 0.29) is 5.92 Å². The van der Waals surface area contributed by atoms with Gasteiger partial charge >= 0.3 is 0 Å². The van der Waals surface area contributed by atoms with Gasteiger partial charge in [-0.2, -0.15) is 0 Å². The van der Waals surface area contributed by atoms with Crippen molar-refractivity contribution in [3.63, 3.8) is 0 Å². The van der Waals surface area contributed by atoms with E-state index in [2.05, 4.69) is 33.2 Å². The van der Waals surface area contributed by atoms with Crippen molar-refractivity contribution in [3.8, 4) is 0 Å². The largest absolute Gasteiger partial charge is 0.385 e. The quantitative estimate of drug-likeness (QED) is 0.778. The third-order valence-corrected chi connectivity index (χ3v) is 5.88. The highest BCUT2D eigenvalue weighted by Gasteiger charge is 2.29. The highest BCUT2D eigenvalue weighted by atomic mass is 32.1. The molecule has 1 aliphatic rings. The number of nitrogens with zero attached hydrogens (tertiary/aromatic N) is 5. The first-order chi connectivity index (χ1) is 12.2. The van der Waals surface area contributed by atoms with Crippen LogP contribution in [0.1, 0.15) is 37.5 Å². The molecule has 0 bridgehead atoms. The van der Waals surface area contributed by atoms with Gasteiger partial charge in [0.15, 0.2) is 0 Å². The Balaban J connectivity index is 1.52. The summed E-state index contributed by atoms with van der Waals surface area (Å²) in [5.74, 6) is 2.95. The predicted octanol–water partition coefficient (Wildman–Crippen LogP) is 2.94. The third-order valence-electron chi connectivity index (χ3n) is 5.08. The number of piperidine rings is 1. The van der Waals surface area contributed by atoms with Crippen LogP contribution in [0.15, 0.2) is 23.8 Å². The number of fused-ring (bicyclic) bond motifs is 1. The maximum absolute atomic E-state index is 10.7. The molecule has 1 atom stereocenters. The molecule has 1 N–H and O–H groups in total. The van der Waals surface area contributed by atoms with Gasteiger partial charge in [-0.05, 0) is 30.2 Å². The lowest BCUT2D eigenvalue weighted by Crippen LogP contribution is -2.36. The van der Waals surface area contributed by atoms with Gasteiger partial charge in [-0.1, -0.05) is 6.92 Å². The Morgan fingerprint density at radius 1 is 1.32 bits per heavy atom. The molecule has 7 heteroatoms. The van der Waals surface area contributed by atoms with E-state index in [1.54, 1.807) is 17.5 Å². The molecule has 0 aromatic carbocycles. The molecule has 1 unspecified atom stereocenters. The Bertz CT molecular complexity index is 865. The summed E-state index contributed by atoms with van der Waals surface area (Å²) >= 11 is 1.67. The van der Waals surface area contributed by atoms with Gasteiger partial charge in [0, 0.05) is 39.0 Å². The standard InChI is InChI=1S/C18H23N5OS/c1-3-14-20-16(13-6-11-25-18(13)21-14)23-8-4-12(5-9-23)15(24)17-19-7-10-22(17)2/h6-7,10-12,15,24H,3-5,8-9H2,1-2H3. The van der Waals surface area contributed by atoms with Crippen molar-refractivity contribution in [2.75, 3.05) is 18.0 Å². The minimum Gasteiger partial charge on any atom is -0.385 e. The fraction of sp³-hybridized carbons (Fsp3) is 0.500. The van der Waals surface area contributed by atoms with Gasteiger partial charge in [0.05, 0.1) is 5.39 Å². The second-order valence-electron chi connectivity index (χ2n) is 6.62. The Hall–Kier alpha value is -1.99. The van der Waals surface area contributed by atoms with Crippen LogP contribution in [0.3, 0.4) is 0 Å². The summed E-state index contributed by atoms with van der Waals surface area (Å²) in [5, 5.41) is 13.9. The molecule has 3 aromatic rings. The SMILES string of the molecule is CCc1nc(N2CCC(C(O)c3nccn3C)CC2)c2ccsc2n1. The molecule has 6 nitrogen and oxygen atoms in total. The van der Waals surface area contributed by atoms with E-state index in [4.69, 9.17) is 4.98 Å². The fourth-order valence-corrected chi connectivity index (χ4v) is 4.36. The molecule has 25 heavy (non-hydrogen) atoms. The molecule has 4 heterocycles. The van der Waals surface area contributed by atoms with E-state index in [1.807, 2.05) is 17.8 Å². The number of aliphatic hydroxyl groups is 1. The molecule has 4 rings (SSSR count). The van der Waals surface area contributed by atoms with Crippen LogP contribution in [0.5, 0.6) is 0 Å². The first-order valence-electron chi connectivity index (χ1n) is 8.81. The van der Waals surface area contributed by atoms with Crippen molar-refractivity contribution in [3.05, 3.63) is 35.5 Å². The molecular formula is C18H23N5OS. The smallest absolute Gasteiger partial charge is 0.141 e. The van der Waals surface area contributed by atoms with Gasteiger partial charge in [-0.15, -0.1) is 11.3 Å². The number of hydrogen-bond acceptors (Lipinski definition) is 6. The van der Waals surface area contributed by atoms with E-state index >= 15 is 0 Å². The van der Waals surface area contributed by atoms with Crippen LogP contribution < -0.4 is 4.90 Å². The van der Waals surface area contributed by atoms with E-state index in [0.717, 1.165) is 60.0 Å². The third kappa shape index (κ3) is 3.02. The Morgan fingerprint density at radius 2 is 2.12 bits per heavy atom. The zero-order chi connectivity index (χ0) is 17.4. The van der Waals surface area contributed by atoms with Crippen LogP contribution in [-0.2, 0) is 13.5 Å². The number of anilines is 1. The zero-order valence-electron chi connectivity index (χ0n) is 14.6. The fourth-order valence-electron chi connectivity index (χ4n) is 3.58. The average Bonchev–Trinajstić information content (AvgIpc) is 3.29. The molecule has 1 aliphatic heterocycles. The van der Waals surface area contributed by atoms with Crippen molar-refractivity contribution < 1.29 is 5.11 Å². The monoisotopic (exact) mass is 357 g/mol. The summed E-state index contributed by atoms with van der Waals surface area (Å²) in [5.41, 5.74) is 0. The summed E-state index contributed by atoms with van der Waals surface area (Å²) in [4.78, 5) is 17.1. The van der Waals surface area contributed by atoms with E-state index in [9.17, 15) is 5.11 Å². The Morgan fingerprint density at radius 3 is 2.80 bits per heavy atom. The molecule has 132 valence electrons. The van der Waals surface area contributed by atoms with Crippen molar-refractivity contribution in [1.29, 1.82) is 0 Å². The molecule has 0 radical (unpaired) electrons. The topological polar surface area (TPSA) is 67.1 Å². The summed E-state index contributed by atoms with van der Waals surface area (Å²) in [6, 6.07) is 2.11. The van der Waals surface area contributed by atoms with Gasteiger partial charge in [0.2, 0.25) is 0 Å². The highest BCUT2D eigenvalue weighted by molar-refractivity contribution is 7.16. The zero-order valence-corrected chi connectivity index (χ0v) is 15.4. The van der Waals surface area contributed by atoms with Gasteiger partial charge in [-0.3, -0.25) is 0 Å². The molecule has 0 spiro atoms. The van der Waals surface area contributed by atoms with Crippen LogP contribution in [0, 0.1) is 5.92 Å². The second kappa shape index (κ2) is 6.72. The first kappa shape index (κ1) is 16.5. The van der Waals surface area contributed by atoms with Crippen molar-refractivity contribution in [2.24, 2.45) is 13.0 Å². The van der Waals surface area contributed by atoms with Crippen molar-refractivity contribution in [2.45, 2.75) is 32.3 Å². The summed E-state index contributed by atoms with van der Waals surface area (Å²) < 4.78 is 1.91. The van der Waals surface area contributed by atoms with Crippen LogP contribution in [0.25, 0.3) is 10.2 Å². The van der Waals surface area contributed by atoms with Crippen LogP contribution in [0.2, 0.25) is 0 Å². The average molecular weight is 357 g/mol. The van der Waals surface area contributed by atoms with E-state index in [0.29, 0.717) is 0 Å². The predicted molar refractivity (Wildman–Crippen MR) is 99.9 cm³/mol. The van der Waals surface area contributed by atoms with E-state index in [1.165, 1.54) is 0 Å². The number of aromatic nitrogens is 4. The Labute approximate surface area is 151 Å². The normalized spacial score (nSPS) is 17.3. The van der Waals surface area contributed by atoms with Gasteiger partial charge < -0.3 is 14.6 Å². The lowest BCUT2D eigenvalue weighted by atomic mass is 9.90. The lowest BCUT2D eigenvalue weighted by molar-refractivity contribution is 0.0824. The molecule has 0 amide bonds. The van der Waals surface area contributed by atoms with E-state index < -0.39 is 6.10 Å². The summed E-state index contributed by atoms with van der Waals surface area (Å²) in [6.07, 6.45) is 5.84. The second-order valence-corrected chi connectivity index (χ2v) is 7.52. The molecule has 0 aliphatic carbocycles. The van der Waals surface area contributed by atoms with Gasteiger partial charge in [-0.25, -0.2) is 15.0 Å². The van der Waals surface area contributed by atoms with Crippen molar-refractivity contribution >= 4 is 27.4 Å². The number of thiophene rings is 1. The number of imidazole rings is 1. The number of aliphatic hydroxyl groups excluding tert-OH is 1. The molecule has 3 aromatic heterocycles. The molecule has 1 fully saturated rings. The molecule has 0 saturated carbocycles. The summed E-state index contributed by atoms with van der Waals surface area (Å²) in [6.45, 7) is 3.89. The highest BCUT2D eigenvalue weighted by Crippen LogP contribution is 2.34. The number of rotatable bonds is 4. The van der Waals surface area contributed by atoms with Gasteiger partial charge in [0.1, 0.15) is 28.4 Å². The van der Waals surface area contributed by atoms with Gasteiger partial charge in [0.25, 0.3) is 0 Å². The maximum atomic E-state index is 10.7. The minimum absolute atomic E-state index is 0.239. The van der Waals surface area contributed by atoms with Crippen LogP contribution in [0.4, 0.5) is 5.82 Å². The minimum atomic E-state index is -0.500. The molecular weight excluding hydrogens is 334 g/mol. The van der Waals surface area contributed by atoms with Crippen LogP contribution >= 0.6 is 11.3 Å². The first-order valence-corrected chi connectivity index (χ1v) is 9.69. The van der Waals surface area contributed by atoms with Crippen molar-refractivity contribution in [1.82, 2.24) is 19.5 Å². The Kier molecular flexibility index (Phi) is 4.43. The van der Waals surface area contributed by atoms with Crippen LogP contribution in [-0.4, -0.2) is 37.7 Å². The summed E-state index contributed by atoms with van der Waals surface area (Å²) in [7, 11) is 1.93. The maximum Gasteiger partial charge on any atom is 0.141 e. The number of aryl methyl sites for hydroxylation is 2. The molecule has 1 saturated heterocycles. The lowest BCUT2D eigenvalue weighted by Gasteiger charge is -2.35.